The molecule has 4 heteroatoms. The van der Waals surface area contributed by atoms with Gasteiger partial charge in [-0.15, -0.1) is 0 Å². The van der Waals surface area contributed by atoms with E-state index in [9.17, 15) is 0 Å². The highest BCUT2D eigenvalue weighted by Crippen LogP contribution is 2.14. The Morgan fingerprint density at radius 3 is 2.81 bits per heavy atom. The van der Waals surface area contributed by atoms with Crippen molar-refractivity contribution in [3.63, 3.8) is 0 Å². The van der Waals surface area contributed by atoms with Gasteiger partial charge in [0, 0.05) is 25.2 Å². The molecule has 1 aliphatic rings. The minimum Gasteiger partial charge on any atom is -0.492 e. The SMILES string of the molecule is C[C@@H]1CN(CCOc2cccc(C#CCN)c2)C[C@H](C)O1. The van der Waals surface area contributed by atoms with Crippen LogP contribution in [0.2, 0.25) is 0 Å². The number of hydrogen-bond acceptors (Lipinski definition) is 4. The Morgan fingerprint density at radius 2 is 2.10 bits per heavy atom. The summed E-state index contributed by atoms with van der Waals surface area (Å²) in [6.07, 6.45) is 0.590. The predicted molar refractivity (Wildman–Crippen MR) is 84.3 cm³/mol. The monoisotopic (exact) mass is 288 g/mol. The quantitative estimate of drug-likeness (QED) is 0.853. The molecule has 1 fully saturated rings. The second kappa shape index (κ2) is 8.04. The second-order valence-electron chi connectivity index (χ2n) is 5.40. The number of nitrogens with two attached hydrogens (primary N) is 1. The van der Waals surface area contributed by atoms with E-state index in [-0.39, 0.29) is 0 Å². The standard InChI is InChI=1S/C17H24N2O2/c1-14-12-19(13-15(2)21-14)9-10-20-17-7-3-5-16(11-17)6-4-8-18/h3,5,7,11,14-15H,8-10,12-13,18H2,1-2H3/t14-,15+. The van der Waals surface area contributed by atoms with Gasteiger partial charge in [0.15, 0.2) is 0 Å². The van der Waals surface area contributed by atoms with Gasteiger partial charge in [-0.05, 0) is 32.0 Å². The first-order chi connectivity index (χ1) is 10.2. The normalized spacial score (nSPS) is 22.4. The lowest BCUT2D eigenvalue weighted by Gasteiger charge is -2.35. The van der Waals surface area contributed by atoms with Crippen molar-refractivity contribution in [2.24, 2.45) is 5.73 Å². The van der Waals surface area contributed by atoms with Crippen LogP contribution >= 0.6 is 0 Å². The summed E-state index contributed by atoms with van der Waals surface area (Å²) in [6.45, 7) is 8.13. The molecule has 1 heterocycles. The van der Waals surface area contributed by atoms with Crippen LogP contribution in [0, 0.1) is 11.8 Å². The summed E-state index contributed by atoms with van der Waals surface area (Å²) in [5, 5.41) is 0. The fourth-order valence-corrected chi connectivity index (χ4v) is 2.58. The van der Waals surface area contributed by atoms with E-state index in [0.29, 0.717) is 25.4 Å². The maximum atomic E-state index is 5.82. The van der Waals surface area contributed by atoms with Crippen molar-refractivity contribution < 1.29 is 9.47 Å². The Labute approximate surface area is 127 Å². The highest BCUT2D eigenvalue weighted by atomic mass is 16.5. The highest BCUT2D eigenvalue weighted by Gasteiger charge is 2.21. The Balaban J connectivity index is 1.80. The lowest BCUT2D eigenvalue weighted by molar-refractivity contribution is -0.0699. The molecule has 2 N–H and O–H groups in total. The molecule has 0 unspecified atom stereocenters. The molecule has 0 spiro atoms. The van der Waals surface area contributed by atoms with Crippen molar-refractivity contribution in [3.05, 3.63) is 29.8 Å². The summed E-state index contributed by atoms with van der Waals surface area (Å²) in [7, 11) is 0. The van der Waals surface area contributed by atoms with E-state index in [1.165, 1.54) is 0 Å². The van der Waals surface area contributed by atoms with Gasteiger partial charge >= 0.3 is 0 Å². The van der Waals surface area contributed by atoms with E-state index in [1.807, 2.05) is 24.3 Å². The molecule has 2 rings (SSSR count). The molecule has 4 nitrogen and oxygen atoms in total. The van der Waals surface area contributed by atoms with E-state index in [2.05, 4.69) is 30.6 Å². The number of hydrogen-bond donors (Lipinski definition) is 1. The summed E-state index contributed by atoms with van der Waals surface area (Å²) in [6, 6.07) is 7.82. The molecule has 0 aromatic heterocycles. The summed E-state index contributed by atoms with van der Waals surface area (Å²) < 4.78 is 11.5. The summed E-state index contributed by atoms with van der Waals surface area (Å²) >= 11 is 0. The Morgan fingerprint density at radius 1 is 1.33 bits per heavy atom. The minimum absolute atomic E-state index is 0.295. The molecular formula is C17H24N2O2. The number of ether oxygens (including phenoxy) is 2. The number of rotatable bonds is 4. The molecule has 114 valence electrons. The van der Waals surface area contributed by atoms with Crippen LogP contribution in [0.5, 0.6) is 5.75 Å². The fourth-order valence-electron chi connectivity index (χ4n) is 2.58. The Hall–Kier alpha value is -1.54. The van der Waals surface area contributed by atoms with Gasteiger partial charge in [0.05, 0.1) is 18.8 Å². The maximum Gasteiger partial charge on any atom is 0.120 e. The second-order valence-corrected chi connectivity index (χ2v) is 5.40. The van der Waals surface area contributed by atoms with Crippen LogP contribution in [0.1, 0.15) is 19.4 Å². The molecule has 1 aromatic rings. The lowest BCUT2D eigenvalue weighted by Crippen LogP contribution is -2.46. The zero-order chi connectivity index (χ0) is 15.1. The number of nitrogens with zero attached hydrogens (tertiary/aromatic N) is 1. The number of morpholine rings is 1. The lowest BCUT2D eigenvalue weighted by atomic mass is 10.2. The van der Waals surface area contributed by atoms with Gasteiger partial charge in [-0.1, -0.05) is 17.9 Å². The first kappa shape index (κ1) is 15.8. The summed E-state index contributed by atoms with van der Waals surface area (Å²) in [4.78, 5) is 2.39. The molecule has 21 heavy (non-hydrogen) atoms. The van der Waals surface area contributed by atoms with Crippen molar-refractivity contribution >= 4 is 0 Å². The van der Waals surface area contributed by atoms with Crippen LogP contribution in [0.25, 0.3) is 0 Å². The molecule has 0 saturated carbocycles. The van der Waals surface area contributed by atoms with E-state index in [1.54, 1.807) is 0 Å². The van der Waals surface area contributed by atoms with Gasteiger partial charge < -0.3 is 15.2 Å². The summed E-state index contributed by atoms with van der Waals surface area (Å²) in [5.41, 5.74) is 6.32. The fraction of sp³-hybridized carbons (Fsp3) is 0.529. The average Bonchev–Trinajstić information content (AvgIpc) is 2.44. The van der Waals surface area contributed by atoms with E-state index < -0.39 is 0 Å². The van der Waals surface area contributed by atoms with Crippen LogP contribution in [0.4, 0.5) is 0 Å². The smallest absolute Gasteiger partial charge is 0.120 e. The van der Waals surface area contributed by atoms with Gasteiger partial charge in [0.2, 0.25) is 0 Å². The maximum absolute atomic E-state index is 5.82. The van der Waals surface area contributed by atoms with Gasteiger partial charge in [-0.25, -0.2) is 0 Å². The highest BCUT2D eigenvalue weighted by molar-refractivity contribution is 5.39. The van der Waals surface area contributed by atoms with Crippen molar-refractivity contribution in [2.75, 3.05) is 32.8 Å². The zero-order valence-electron chi connectivity index (χ0n) is 12.8. The molecule has 0 bridgehead atoms. The molecule has 0 radical (unpaired) electrons. The Kier molecular flexibility index (Phi) is 6.06. The van der Waals surface area contributed by atoms with Crippen LogP contribution < -0.4 is 10.5 Å². The molecule has 2 atom stereocenters. The van der Waals surface area contributed by atoms with Crippen molar-refractivity contribution in [3.8, 4) is 17.6 Å². The van der Waals surface area contributed by atoms with Crippen LogP contribution in [0.3, 0.4) is 0 Å². The third kappa shape index (κ3) is 5.39. The summed E-state index contributed by atoms with van der Waals surface area (Å²) in [5.74, 6) is 6.72. The minimum atomic E-state index is 0.295. The van der Waals surface area contributed by atoms with Gasteiger partial charge in [0.25, 0.3) is 0 Å². The van der Waals surface area contributed by atoms with Crippen molar-refractivity contribution in [1.82, 2.24) is 4.90 Å². The van der Waals surface area contributed by atoms with E-state index in [0.717, 1.165) is 30.9 Å². The molecular weight excluding hydrogens is 264 g/mol. The van der Waals surface area contributed by atoms with Crippen LogP contribution in [-0.4, -0.2) is 49.9 Å². The van der Waals surface area contributed by atoms with Crippen molar-refractivity contribution in [1.29, 1.82) is 0 Å². The van der Waals surface area contributed by atoms with Crippen molar-refractivity contribution in [2.45, 2.75) is 26.1 Å². The third-order valence-electron chi connectivity index (χ3n) is 3.34. The van der Waals surface area contributed by atoms with Crippen LogP contribution in [0.15, 0.2) is 24.3 Å². The van der Waals surface area contributed by atoms with Crippen LogP contribution in [-0.2, 0) is 4.74 Å². The molecule has 1 aliphatic heterocycles. The largest absolute Gasteiger partial charge is 0.492 e. The zero-order valence-corrected chi connectivity index (χ0v) is 12.8. The first-order valence-electron chi connectivity index (χ1n) is 7.47. The van der Waals surface area contributed by atoms with E-state index in [4.69, 9.17) is 15.2 Å². The molecule has 1 saturated heterocycles. The molecule has 1 aromatic carbocycles. The first-order valence-corrected chi connectivity index (χ1v) is 7.47. The predicted octanol–water partition coefficient (Wildman–Crippen LogP) is 1.48. The third-order valence-corrected chi connectivity index (χ3v) is 3.34. The molecule has 0 amide bonds. The topological polar surface area (TPSA) is 47.7 Å². The van der Waals surface area contributed by atoms with Gasteiger partial charge in [-0.2, -0.15) is 0 Å². The molecule has 0 aliphatic carbocycles. The Bertz CT molecular complexity index is 497. The van der Waals surface area contributed by atoms with E-state index >= 15 is 0 Å². The van der Waals surface area contributed by atoms with Gasteiger partial charge in [0.1, 0.15) is 12.4 Å². The number of benzene rings is 1. The van der Waals surface area contributed by atoms with Gasteiger partial charge in [-0.3, -0.25) is 4.90 Å². The average molecular weight is 288 g/mol.